The predicted octanol–water partition coefficient (Wildman–Crippen LogP) is 4.64. The van der Waals surface area contributed by atoms with Crippen LogP contribution >= 0.6 is 15.9 Å². The lowest BCUT2D eigenvalue weighted by Gasteiger charge is -2.28. The number of benzene rings is 2. The molecule has 0 radical (unpaired) electrons. The van der Waals surface area contributed by atoms with Crippen molar-refractivity contribution in [2.24, 2.45) is 0 Å². The number of fused-ring (bicyclic) bond motifs is 1. The Morgan fingerprint density at radius 2 is 2.00 bits per heavy atom. The summed E-state index contributed by atoms with van der Waals surface area (Å²) in [6.07, 6.45) is 0.445. The summed E-state index contributed by atoms with van der Waals surface area (Å²) in [4.78, 5) is 15.2. The fourth-order valence-corrected chi connectivity index (χ4v) is 6.07. The molecule has 1 aliphatic heterocycles. The van der Waals surface area contributed by atoms with E-state index in [4.69, 9.17) is 4.42 Å². The third-order valence-electron chi connectivity index (χ3n) is 5.44. The van der Waals surface area contributed by atoms with E-state index in [0.29, 0.717) is 18.5 Å². The molecule has 1 aliphatic rings. The van der Waals surface area contributed by atoms with Gasteiger partial charge in [0.25, 0.3) is 5.91 Å². The molecule has 0 unspecified atom stereocenters. The van der Waals surface area contributed by atoms with Crippen LogP contribution < -0.4 is 0 Å². The maximum absolute atomic E-state index is 13.5. The van der Waals surface area contributed by atoms with Gasteiger partial charge in [-0.2, -0.15) is 0 Å². The average molecular weight is 476 g/mol. The van der Waals surface area contributed by atoms with Crippen LogP contribution in [0.1, 0.15) is 33.7 Å². The van der Waals surface area contributed by atoms with Crippen LogP contribution in [0.25, 0.3) is 11.0 Å². The Hall–Kier alpha value is -2.12. The monoisotopic (exact) mass is 475 g/mol. The van der Waals surface area contributed by atoms with Crippen LogP contribution in [0.15, 0.2) is 51.4 Å². The van der Waals surface area contributed by atoms with Gasteiger partial charge >= 0.3 is 0 Å². The molecule has 2 heterocycles. The Balaban J connectivity index is 1.74. The van der Waals surface area contributed by atoms with Crippen molar-refractivity contribution in [3.05, 3.63) is 69.4 Å². The van der Waals surface area contributed by atoms with Crippen LogP contribution in [-0.2, 0) is 16.4 Å². The van der Waals surface area contributed by atoms with E-state index < -0.39 is 9.84 Å². The van der Waals surface area contributed by atoms with Crippen molar-refractivity contribution in [1.29, 1.82) is 0 Å². The average Bonchev–Trinajstić information content (AvgIpc) is 3.19. The molecule has 1 saturated heterocycles. The van der Waals surface area contributed by atoms with Crippen molar-refractivity contribution >= 4 is 42.6 Å². The molecule has 0 aliphatic carbocycles. The second-order valence-electron chi connectivity index (χ2n) is 7.68. The molecule has 4 rings (SSSR count). The number of sulfone groups is 1. The van der Waals surface area contributed by atoms with E-state index in [9.17, 15) is 13.2 Å². The summed E-state index contributed by atoms with van der Waals surface area (Å²) < 4.78 is 31.0. The first-order chi connectivity index (χ1) is 13.7. The number of amides is 1. The number of aryl methyl sites for hydroxylation is 2. The normalized spacial score (nSPS) is 18.2. The van der Waals surface area contributed by atoms with Gasteiger partial charge in [-0.1, -0.05) is 39.7 Å². The van der Waals surface area contributed by atoms with Crippen molar-refractivity contribution in [2.75, 3.05) is 11.5 Å². The van der Waals surface area contributed by atoms with Crippen molar-refractivity contribution in [1.82, 2.24) is 4.90 Å². The molecule has 0 bridgehead atoms. The van der Waals surface area contributed by atoms with Crippen molar-refractivity contribution in [2.45, 2.75) is 32.9 Å². The fourth-order valence-electron chi connectivity index (χ4n) is 3.89. The molecule has 1 amide bonds. The van der Waals surface area contributed by atoms with E-state index in [1.54, 1.807) is 4.90 Å². The van der Waals surface area contributed by atoms with E-state index in [0.717, 1.165) is 26.5 Å². The highest BCUT2D eigenvalue weighted by molar-refractivity contribution is 9.10. The Morgan fingerprint density at radius 3 is 2.69 bits per heavy atom. The minimum absolute atomic E-state index is 0.00880. The summed E-state index contributed by atoms with van der Waals surface area (Å²) in [5.41, 5.74) is 3.47. The molecule has 1 fully saturated rings. The van der Waals surface area contributed by atoms with Crippen molar-refractivity contribution < 1.29 is 17.6 Å². The van der Waals surface area contributed by atoms with Crippen LogP contribution in [0.4, 0.5) is 0 Å². The lowest BCUT2D eigenvalue weighted by Crippen LogP contribution is -2.40. The molecule has 3 aromatic rings. The molecule has 7 heteroatoms. The predicted molar refractivity (Wildman–Crippen MR) is 117 cm³/mol. The molecule has 1 aromatic heterocycles. The Labute approximate surface area is 178 Å². The van der Waals surface area contributed by atoms with E-state index >= 15 is 0 Å². The van der Waals surface area contributed by atoms with Crippen LogP contribution in [0, 0.1) is 13.8 Å². The van der Waals surface area contributed by atoms with Gasteiger partial charge < -0.3 is 9.32 Å². The number of nitrogens with zero attached hydrogens (tertiary/aromatic N) is 1. The Bertz CT molecular complexity index is 1200. The maximum atomic E-state index is 13.5. The van der Waals surface area contributed by atoms with Gasteiger partial charge in [-0.3, -0.25) is 4.79 Å². The van der Waals surface area contributed by atoms with Gasteiger partial charge in [0.2, 0.25) is 0 Å². The minimum atomic E-state index is -3.13. The summed E-state index contributed by atoms with van der Waals surface area (Å²) >= 11 is 3.46. The zero-order valence-corrected chi connectivity index (χ0v) is 18.7. The summed E-state index contributed by atoms with van der Waals surface area (Å²) in [6, 6.07) is 13.2. The first-order valence-corrected chi connectivity index (χ1v) is 12.1. The molecule has 29 heavy (non-hydrogen) atoms. The van der Waals surface area contributed by atoms with E-state index in [1.165, 1.54) is 0 Å². The van der Waals surface area contributed by atoms with Gasteiger partial charge in [0.1, 0.15) is 5.58 Å². The number of carbonyl (C=O) groups excluding carboxylic acids is 1. The first-order valence-electron chi connectivity index (χ1n) is 9.49. The summed E-state index contributed by atoms with van der Waals surface area (Å²) in [6.45, 7) is 4.20. The zero-order valence-electron chi connectivity index (χ0n) is 16.3. The number of rotatable bonds is 4. The number of carbonyl (C=O) groups is 1. The summed E-state index contributed by atoms with van der Waals surface area (Å²) in [5.74, 6) is 0.118. The van der Waals surface area contributed by atoms with Gasteiger partial charge in [-0.25, -0.2) is 8.42 Å². The first kappa shape index (κ1) is 20.2. The molecule has 2 aromatic carbocycles. The number of hydrogen-bond acceptors (Lipinski definition) is 4. The Morgan fingerprint density at radius 1 is 1.21 bits per heavy atom. The van der Waals surface area contributed by atoms with Crippen molar-refractivity contribution in [3.63, 3.8) is 0 Å². The summed E-state index contributed by atoms with van der Waals surface area (Å²) in [5, 5.41) is 0.912. The Kier molecular flexibility index (Phi) is 5.29. The smallest absolute Gasteiger partial charge is 0.290 e. The van der Waals surface area contributed by atoms with Gasteiger partial charge in [0, 0.05) is 28.0 Å². The topological polar surface area (TPSA) is 67.6 Å². The second-order valence-corrected chi connectivity index (χ2v) is 10.8. The standard InChI is InChI=1S/C22H22BrNO4S/c1-14-6-7-20-19(10-14)15(2)21(28-20)22(25)24(18-8-9-29(26,27)13-18)12-16-4-3-5-17(23)11-16/h3-7,10-11,18H,8-9,12-13H2,1-2H3/t18-/m1/s1. The SMILES string of the molecule is Cc1ccc2oc(C(=O)N(Cc3cccc(Br)c3)[C@@H]3CCS(=O)(=O)C3)c(C)c2c1. The molecular formula is C22H22BrNO4S. The van der Waals surface area contributed by atoms with Gasteiger partial charge in [-0.15, -0.1) is 0 Å². The number of hydrogen-bond donors (Lipinski definition) is 0. The number of furan rings is 1. The number of halogens is 1. The van der Waals surface area contributed by atoms with Crippen LogP contribution in [0.3, 0.4) is 0 Å². The highest BCUT2D eigenvalue weighted by Crippen LogP contribution is 2.30. The van der Waals surface area contributed by atoms with Gasteiger partial charge in [0.05, 0.1) is 11.5 Å². The molecule has 0 spiro atoms. The van der Waals surface area contributed by atoms with Crippen LogP contribution in [-0.4, -0.2) is 36.8 Å². The van der Waals surface area contributed by atoms with Crippen LogP contribution in [0.2, 0.25) is 0 Å². The van der Waals surface area contributed by atoms with E-state index in [1.807, 2.05) is 56.3 Å². The maximum Gasteiger partial charge on any atom is 0.290 e. The highest BCUT2D eigenvalue weighted by Gasteiger charge is 2.36. The lowest BCUT2D eigenvalue weighted by molar-refractivity contribution is 0.0649. The molecule has 1 atom stereocenters. The van der Waals surface area contributed by atoms with E-state index in [-0.39, 0.29) is 29.2 Å². The highest BCUT2D eigenvalue weighted by atomic mass is 79.9. The molecule has 5 nitrogen and oxygen atoms in total. The third-order valence-corrected chi connectivity index (χ3v) is 7.68. The van der Waals surface area contributed by atoms with Crippen LogP contribution in [0.5, 0.6) is 0 Å². The molecule has 0 saturated carbocycles. The molecule has 152 valence electrons. The van der Waals surface area contributed by atoms with Crippen molar-refractivity contribution in [3.8, 4) is 0 Å². The zero-order chi connectivity index (χ0) is 20.8. The minimum Gasteiger partial charge on any atom is -0.451 e. The third kappa shape index (κ3) is 4.12. The van der Waals surface area contributed by atoms with Gasteiger partial charge in [0.15, 0.2) is 15.6 Å². The molecule has 0 N–H and O–H groups in total. The van der Waals surface area contributed by atoms with E-state index in [2.05, 4.69) is 15.9 Å². The molecular weight excluding hydrogens is 454 g/mol. The van der Waals surface area contributed by atoms with Gasteiger partial charge in [-0.05, 0) is 50.1 Å². The summed E-state index contributed by atoms with van der Waals surface area (Å²) in [7, 11) is -3.13. The quantitative estimate of drug-likeness (QED) is 0.550. The lowest BCUT2D eigenvalue weighted by atomic mass is 10.1. The largest absolute Gasteiger partial charge is 0.451 e. The second kappa shape index (κ2) is 7.61. The fraction of sp³-hybridized carbons (Fsp3) is 0.318.